The van der Waals surface area contributed by atoms with Crippen molar-refractivity contribution in [1.82, 2.24) is 5.32 Å². The summed E-state index contributed by atoms with van der Waals surface area (Å²) in [7, 11) is 0. The number of thioether (sulfide) groups is 1. The quantitative estimate of drug-likeness (QED) is 0.600. The van der Waals surface area contributed by atoms with Crippen molar-refractivity contribution in [2.24, 2.45) is 0 Å². The van der Waals surface area contributed by atoms with Gasteiger partial charge in [0.15, 0.2) is 0 Å². The molecule has 3 heteroatoms. The smallest absolute Gasteiger partial charge is 0.124 e. The minimum Gasteiger partial charge on any atom is -0.494 e. The minimum absolute atomic E-state index is 0.388. The van der Waals surface area contributed by atoms with Gasteiger partial charge in [-0.25, -0.2) is 0 Å². The standard InChI is InChI=1S/C17H29NOS/c1-4-7-13-20-14-16(18-12-5-2)15-10-8-9-11-17(15)19-6-3/h8-11,16,18H,4-7,12-14H2,1-3H3. The molecule has 0 saturated heterocycles. The zero-order valence-electron chi connectivity index (χ0n) is 13.2. The molecule has 1 atom stereocenters. The third-order valence-electron chi connectivity index (χ3n) is 3.16. The van der Waals surface area contributed by atoms with Crippen LogP contribution in [0.4, 0.5) is 0 Å². The molecule has 1 aromatic rings. The highest BCUT2D eigenvalue weighted by atomic mass is 32.2. The van der Waals surface area contributed by atoms with Crippen molar-refractivity contribution >= 4 is 11.8 Å². The maximum atomic E-state index is 5.78. The number of unbranched alkanes of at least 4 members (excludes halogenated alkanes) is 1. The number of hydrogen-bond acceptors (Lipinski definition) is 3. The molecule has 1 rings (SSSR count). The van der Waals surface area contributed by atoms with E-state index in [1.54, 1.807) is 0 Å². The van der Waals surface area contributed by atoms with E-state index in [9.17, 15) is 0 Å². The van der Waals surface area contributed by atoms with Gasteiger partial charge in [-0.15, -0.1) is 0 Å². The number of para-hydroxylation sites is 1. The first-order valence-corrected chi connectivity index (χ1v) is 9.01. The third kappa shape index (κ3) is 6.19. The van der Waals surface area contributed by atoms with Gasteiger partial charge in [0.1, 0.15) is 5.75 Å². The fourth-order valence-electron chi connectivity index (χ4n) is 2.08. The Morgan fingerprint density at radius 2 is 1.95 bits per heavy atom. The van der Waals surface area contributed by atoms with E-state index in [1.165, 1.54) is 24.2 Å². The maximum absolute atomic E-state index is 5.78. The van der Waals surface area contributed by atoms with Gasteiger partial charge in [0, 0.05) is 17.4 Å². The summed E-state index contributed by atoms with van der Waals surface area (Å²) in [6.45, 7) is 8.28. The normalized spacial score (nSPS) is 12.3. The Bertz CT molecular complexity index is 357. The third-order valence-corrected chi connectivity index (χ3v) is 4.31. The Kier molecular flexibility index (Phi) is 9.60. The van der Waals surface area contributed by atoms with E-state index < -0.39 is 0 Å². The maximum Gasteiger partial charge on any atom is 0.124 e. The van der Waals surface area contributed by atoms with Gasteiger partial charge in [0.2, 0.25) is 0 Å². The molecule has 0 spiro atoms. The van der Waals surface area contributed by atoms with Gasteiger partial charge in [-0.1, -0.05) is 38.5 Å². The number of benzene rings is 1. The topological polar surface area (TPSA) is 21.3 Å². The SMILES string of the molecule is CCCCSCC(NCCC)c1ccccc1OCC. The van der Waals surface area contributed by atoms with Gasteiger partial charge in [-0.05, 0) is 38.1 Å². The van der Waals surface area contributed by atoms with Crippen molar-refractivity contribution in [1.29, 1.82) is 0 Å². The first kappa shape index (κ1) is 17.4. The second kappa shape index (κ2) is 11.0. The molecule has 20 heavy (non-hydrogen) atoms. The average Bonchev–Trinajstić information content (AvgIpc) is 2.48. The Morgan fingerprint density at radius 3 is 2.65 bits per heavy atom. The highest BCUT2D eigenvalue weighted by molar-refractivity contribution is 7.99. The van der Waals surface area contributed by atoms with E-state index in [4.69, 9.17) is 4.74 Å². The molecule has 0 aliphatic heterocycles. The Balaban J connectivity index is 2.70. The zero-order valence-corrected chi connectivity index (χ0v) is 14.0. The molecule has 2 nitrogen and oxygen atoms in total. The largest absolute Gasteiger partial charge is 0.494 e. The van der Waals surface area contributed by atoms with E-state index in [0.29, 0.717) is 6.04 Å². The van der Waals surface area contributed by atoms with Crippen molar-refractivity contribution in [3.63, 3.8) is 0 Å². The summed E-state index contributed by atoms with van der Waals surface area (Å²) in [6.07, 6.45) is 3.74. The molecule has 0 saturated carbocycles. The van der Waals surface area contributed by atoms with Crippen molar-refractivity contribution in [3.8, 4) is 5.75 Å². The van der Waals surface area contributed by atoms with Crippen LogP contribution in [0.2, 0.25) is 0 Å². The predicted molar refractivity (Wildman–Crippen MR) is 90.9 cm³/mol. The summed E-state index contributed by atoms with van der Waals surface area (Å²) in [5.74, 6) is 3.39. The fourth-order valence-corrected chi connectivity index (χ4v) is 3.27. The summed E-state index contributed by atoms with van der Waals surface area (Å²) < 4.78 is 5.78. The summed E-state index contributed by atoms with van der Waals surface area (Å²) in [5.41, 5.74) is 1.30. The highest BCUT2D eigenvalue weighted by Crippen LogP contribution is 2.28. The van der Waals surface area contributed by atoms with Crippen LogP contribution >= 0.6 is 11.8 Å². The molecule has 114 valence electrons. The van der Waals surface area contributed by atoms with E-state index in [1.807, 2.05) is 18.7 Å². The van der Waals surface area contributed by atoms with Gasteiger partial charge in [0.25, 0.3) is 0 Å². The average molecular weight is 295 g/mol. The predicted octanol–water partition coefficient (Wildman–Crippen LogP) is 4.66. The lowest BCUT2D eigenvalue weighted by Crippen LogP contribution is -2.25. The number of rotatable bonds is 11. The number of nitrogens with one attached hydrogen (secondary N) is 1. The van der Waals surface area contributed by atoms with Crippen LogP contribution in [-0.4, -0.2) is 24.7 Å². The molecule has 1 N–H and O–H groups in total. The fraction of sp³-hybridized carbons (Fsp3) is 0.647. The van der Waals surface area contributed by atoms with E-state index >= 15 is 0 Å². The molecule has 0 radical (unpaired) electrons. The van der Waals surface area contributed by atoms with E-state index in [2.05, 4.69) is 43.4 Å². The van der Waals surface area contributed by atoms with E-state index in [0.717, 1.165) is 31.1 Å². The molecule has 0 aliphatic carbocycles. The molecule has 0 aromatic heterocycles. The number of hydrogen-bond donors (Lipinski definition) is 1. The number of ether oxygens (including phenoxy) is 1. The molecular weight excluding hydrogens is 266 g/mol. The molecule has 1 unspecified atom stereocenters. The van der Waals surface area contributed by atoms with Crippen LogP contribution in [0.5, 0.6) is 5.75 Å². The molecule has 0 bridgehead atoms. The second-order valence-electron chi connectivity index (χ2n) is 4.91. The highest BCUT2D eigenvalue weighted by Gasteiger charge is 2.15. The Hall–Kier alpha value is -0.670. The van der Waals surface area contributed by atoms with Crippen molar-refractivity contribution in [2.75, 3.05) is 24.7 Å². The van der Waals surface area contributed by atoms with Gasteiger partial charge >= 0.3 is 0 Å². The van der Waals surface area contributed by atoms with Crippen LogP contribution in [0.15, 0.2) is 24.3 Å². The van der Waals surface area contributed by atoms with Crippen LogP contribution < -0.4 is 10.1 Å². The van der Waals surface area contributed by atoms with Crippen LogP contribution in [0.1, 0.15) is 51.6 Å². The molecular formula is C17H29NOS. The van der Waals surface area contributed by atoms with Crippen molar-refractivity contribution in [2.45, 2.75) is 46.1 Å². The summed E-state index contributed by atoms with van der Waals surface area (Å²) in [4.78, 5) is 0. The second-order valence-corrected chi connectivity index (χ2v) is 6.06. The molecule has 0 heterocycles. The van der Waals surface area contributed by atoms with Gasteiger partial charge in [-0.2, -0.15) is 11.8 Å². The van der Waals surface area contributed by atoms with Crippen LogP contribution in [-0.2, 0) is 0 Å². The zero-order chi connectivity index (χ0) is 14.6. The minimum atomic E-state index is 0.388. The molecule has 1 aromatic carbocycles. The lowest BCUT2D eigenvalue weighted by atomic mass is 10.1. The van der Waals surface area contributed by atoms with Gasteiger partial charge in [0.05, 0.1) is 6.61 Å². The monoisotopic (exact) mass is 295 g/mol. The molecule has 0 aliphatic rings. The molecule has 0 amide bonds. The summed E-state index contributed by atoms with van der Waals surface area (Å²) in [6, 6.07) is 8.82. The Labute approximate surface area is 128 Å². The first-order chi connectivity index (χ1) is 9.83. The first-order valence-electron chi connectivity index (χ1n) is 7.86. The van der Waals surface area contributed by atoms with Crippen LogP contribution in [0, 0.1) is 0 Å². The summed E-state index contributed by atoms with van der Waals surface area (Å²) >= 11 is 2.04. The lowest BCUT2D eigenvalue weighted by molar-refractivity contribution is 0.332. The van der Waals surface area contributed by atoms with Crippen molar-refractivity contribution in [3.05, 3.63) is 29.8 Å². The van der Waals surface area contributed by atoms with Crippen LogP contribution in [0.25, 0.3) is 0 Å². The van der Waals surface area contributed by atoms with Crippen LogP contribution in [0.3, 0.4) is 0 Å². The van der Waals surface area contributed by atoms with Crippen molar-refractivity contribution < 1.29 is 4.74 Å². The van der Waals surface area contributed by atoms with Gasteiger partial charge in [-0.3, -0.25) is 0 Å². The summed E-state index contributed by atoms with van der Waals surface area (Å²) in [5, 5.41) is 3.66. The lowest BCUT2D eigenvalue weighted by Gasteiger charge is -2.21. The Morgan fingerprint density at radius 1 is 1.15 bits per heavy atom. The van der Waals surface area contributed by atoms with E-state index in [-0.39, 0.29) is 0 Å². The molecule has 0 fully saturated rings. The van der Waals surface area contributed by atoms with Gasteiger partial charge < -0.3 is 10.1 Å².